The lowest BCUT2D eigenvalue weighted by atomic mass is 10.1. The molecule has 0 radical (unpaired) electrons. The van der Waals surface area contributed by atoms with E-state index in [0.717, 1.165) is 15.8 Å². The zero-order valence-electron chi connectivity index (χ0n) is 9.34. The second-order valence-electron chi connectivity index (χ2n) is 3.64. The summed E-state index contributed by atoms with van der Waals surface area (Å²) in [5.41, 5.74) is 1.10. The predicted molar refractivity (Wildman–Crippen MR) is 74.2 cm³/mol. The Kier molecular flexibility index (Phi) is 3.99. The summed E-state index contributed by atoms with van der Waals surface area (Å²) in [5, 5.41) is 0. The van der Waals surface area contributed by atoms with Crippen molar-refractivity contribution in [2.24, 2.45) is 0 Å². The smallest absolute Gasteiger partial charge is 0.142 e. The van der Waals surface area contributed by atoms with Crippen molar-refractivity contribution in [1.29, 1.82) is 0 Å². The molecule has 0 heterocycles. The van der Waals surface area contributed by atoms with Crippen LogP contribution in [0, 0.1) is 0 Å². The van der Waals surface area contributed by atoms with Gasteiger partial charge in [-0.1, -0.05) is 52.8 Å². The normalized spacial score (nSPS) is 11.8. The summed E-state index contributed by atoms with van der Waals surface area (Å²) in [7, 11) is 0. The third-order valence-electron chi connectivity index (χ3n) is 2.42. The highest BCUT2D eigenvalue weighted by molar-refractivity contribution is 9.10. The minimum Gasteiger partial charge on any atom is -0.482 e. The molecule has 0 aliphatic carbocycles. The fraction of sp³-hybridized carbons (Fsp3) is 0.0667. The average Bonchev–Trinajstić information content (AvgIpc) is 2.39. The third kappa shape index (κ3) is 3.21. The van der Waals surface area contributed by atoms with Gasteiger partial charge in [0.25, 0.3) is 0 Å². The summed E-state index contributed by atoms with van der Waals surface area (Å²) in [6.07, 6.45) is 1.69. The van der Waals surface area contributed by atoms with E-state index >= 15 is 0 Å². The van der Waals surface area contributed by atoms with E-state index in [9.17, 15) is 0 Å². The monoisotopic (exact) mass is 288 g/mol. The van der Waals surface area contributed by atoms with Gasteiger partial charge in [0, 0.05) is 4.47 Å². The molecule has 0 aliphatic rings. The predicted octanol–water partition coefficient (Wildman–Crippen LogP) is 4.76. The molecule has 86 valence electrons. The molecule has 17 heavy (non-hydrogen) atoms. The molecule has 2 aromatic rings. The second kappa shape index (κ2) is 5.69. The van der Waals surface area contributed by atoms with Gasteiger partial charge < -0.3 is 4.74 Å². The summed E-state index contributed by atoms with van der Waals surface area (Å²) in [6.45, 7) is 3.82. The molecule has 0 aromatic heterocycles. The van der Waals surface area contributed by atoms with Gasteiger partial charge in [-0.3, -0.25) is 0 Å². The fourth-order valence-corrected chi connectivity index (χ4v) is 1.82. The van der Waals surface area contributed by atoms with Crippen LogP contribution in [0.1, 0.15) is 11.7 Å². The summed E-state index contributed by atoms with van der Waals surface area (Å²) >= 11 is 3.40. The molecule has 1 unspecified atom stereocenters. The first-order valence-electron chi connectivity index (χ1n) is 5.39. The van der Waals surface area contributed by atoms with Crippen molar-refractivity contribution in [3.63, 3.8) is 0 Å². The van der Waals surface area contributed by atoms with Crippen LogP contribution in [0.3, 0.4) is 0 Å². The van der Waals surface area contributed by atoms with Crippen molar-refractivity contribution in [1.82, 2.24) is 0 Å². The number of halogens is 1. The van der Waals surface area contributed by atoms with Crippen molar-refractivity contribution in [2.45, 2.75) is 6.10 Å². The quantitative estimate of drug-likeness (QED) is 0.738. The Morgan fingerprint density at radius 3 is 2.24 bits per heavy atom. The Morgan fingerprint density at radius 2 is 1.65 bits per heavy atom. The highest BCUT2D eigenvalue weighted by Crippen LogP contribution is 2.24. The zero-order valence-corrected chi connectivity index (χ0v) is 10.9. The number of hydrogen-bond acceptors (Lipinski definition) is 1. The van der Waals surface area contributed by atoms with Crippen molar-refractivity contribution < 1.29 is 4.74 Å². The standard InChI is InChI=1S/C15H13BrO/c1-2-15(12-6-4-3-5-7-12)17-14-10-8-13(16)9-11-14/h2-11,15H,1H2. The van der Waals surface area contributed by atoms with Gasteiger partial charge in [0.2, 0.25) is 0 Å². The second-order valence-corrected chi connectivity index (χ2v) is 4.55. The Labute approximate surface area is 110 Å². The maximum Gasteiger partial charge on any atom is 0.142 e. The Balaban J connectivity index is 2.16. The van der Waals surface area contributed by atoms with Crippen molar-refractivity contribution in [3.8, 4) is 5.75 Å². The van der Waals surface area contributed by atoms with E-state index in [1.165, 1.54) is 0 Å². The van der Waals surface area contributed by atoms with Crippen LogP contribution >= 0.6 is 15.9 Å². The van der Waals surface area contributed by atoms with Crippen LogP contribution in [-0.2, 0) is 0 Å². The van der Waals surface area contributed by atoms with Crippen LogP contribution in [0.2, 0.25) is 0 Å². The molecule has 0 bridgehead atoms. The first kappa shape index (κ1) is 11.9. The van der Waals surface area contributed by atoms with E-state index in [1.807, 2.05) is 54.6 Å². The molecule has 1 nitrogen and oxygen atoms in total. The van der Waals surface area contributed by atoms with E-state index in [4.69, 9.17) is 4.74 Å². The van der Waals surface area contributed by atoms with Crippen LogP contribution < -0.4 is 4.74 Å². The maximum atomic E-state index is 5.87. The largest absolute Gasteiger partial charge is 0.482 e. The number of rotatable bonds is 4. The van der Waals surface area contributed by atoms with E-state index in [0.29, 0.717) is 0 Å². The molecule has 0 N–H and O–H groups in total. The van der Waals surface area contributed by atoms with Crippen molar-refractivity contribution in [2.75, 3.05) is 0 Å². The zero-order chi connectivity index (χ0) is 12.1. The van der Waals surface area contributed by atoms with Crippen LogP contribution in [0.15, 0.2) is 71.7 Å². The van der Waals surface area contributed by atoms with Crippen LogP contribution in [0.25, 0.3) is 0 Å². The van der Waals surface area contributed by atoms with E-state index < -0.39 is 0 Å². The molecule has 0 aliphatic heterocycles. The van der Waals surface area contributed by atoms with Gasteiger partial charge in [0.15, 0.2) is 0 Å². The average molecular weight is 289 g/mol. The van der Waals surface area contributed by atoms with Gasteiger partial charge in [-0.2, -0.15) is 0 Å². The molecule has 0 saturated heterocycles. The van der Waals surface area contributed by atoms with E-state index in [2.05, 4.69) is 22.5 Å². The van der Waals surface area contributed by atoms with Crippen LogP contribution in [0.5, 0.6) is 5.75 Å². The first-order valence-corrected chi connectivity index (χ1v) is 6.18. The maximum absolute atomic E-state index is 5.87. The first-order chi connectivity index (χ1) is 8.29. The SMILES string of the molecule is C=CC(Oc1ccc(Br)cc1)c1ccccc1. The molecule has 1 atom stereocenters. The molecule has 0 fully saturated rings. The summed E-state index contributed by atoms with van der Waals surface area (Å²) in [6, 6.07) is 17.8. The van der Waals surface area contributed by atoms with Gasteiger partial charge >= 0.3 is 0 Å². The van der Waals surface area contributed by atoms with Gasteiger partial charge in [0.05, 0.1) is 0 Å². The van der Waals surface area contributed by atoms with E-state index in [1.54, 1.807) is 6.08 Å². The summed E-state index contributed by atoms with van der Waals surface area (Å²) in [5.74, 6) is 0.835. The summed E-state index contributed by atoms with van der Waals surface area (Å²) < 4.78 is 6.91. The molecular weight excluding hydrogens is 276 g/mol. The number of hydrogen-bond donors (Lipinski definition) is 0. The molecule has 2 aromatic carbocycles. The lowest BCUT2D eigenvalue weighted by Crippen LogP contribution is -2.03. The molecule has 0 amide bonds. The van der Waals surface area contributed by atoms with Gasteiger partial charge in [-0.15, -0.1) is 0 Å². The Morgan fingerprint density at radius 1 is 1.00 bits per heavy atom. The number of ether oxygens (including phenoxy) is 1. The minimum atomic E-state index is -0.114. The highest BCUT2D eigenvalue weighted by atomic mass is 79.9. The fourth-order valence-electron chi connectivity index (χ4n) is 1.55. The van der Waals surface area contributed by atoms with Crippen LogP contribution in [0.4, 0.5) is 0 Å². The van der Waals surface area contributed by atoms with Crippen molar-refractivity contribution in [3.05, 3.63) is 77.3 Å². The Bertz CT molecular complexity index is 476. The Hall–Kier alpha value is -1.54. The van der Waals surface area contributed by atoms with Gasteiger partial charge in [-0.05, 0) is 35.9 Å². The van der Waals surface area contributed by atoms with Gasteiger partial charge in [0.1, 0.15) is 11.9 Å². The topological polar surface area (TPSA) is 9.23 Å². The number of benzene rings is 2. The molecule has 2 heteroatoms. The highest BCUT2D eigenvalue weighted by Gasteiger charge is 2.08. The van der Waals surface area contributed by atoms with Crippen LogP contribution in [-0.4, -0.2) is 0 Å². The minimum absolute atomic E-state index is 0.114. The molecule has 0 spiro atoms. The van der Waals surface area contributed by atoms with Crippen molar-refractivity contribution >= 4 is 15.9 Å². The lowest BCUT2D eigenvalue weighted by molar-refractivity contribution is 0.256. The lowest BCUT2D eigenvalue weighted by Gasteiger charge is -2.15. The molecular formula is C15H13BrO. The van der Waals surface area contributed by atoms with Gasteiger partial charge in [-0.25, -0.2) is 0 Å². The third-order valence-corrected chi connectivity index (χ3v) is 2.95. The van der Waals surface area contributed by atoms with E-state index in [-0.39, 0.29) is 6.10 Å². The molecule has 0 saturated carbocycles. The molecule has 2 rings (SSSR count). The summed E-state index contributed by atoms with van der Waals surface area (Å²) in [4.78, 5) is 0.